The average Bonchev–Trinajstić information content (AvgIpc) is 2.31. The van der Waals surface area contributed by atoms with Crippen LogP contribution < -0.4 is 0 Å². The summed E-state index contributed by atoms with van der Waals surface area (Å²) in [5, 5.41) is 13.9. The minimum Gasteiger partial charge on any atom is -0.450 e. The Labute approximate surface area is 121 Å². The minimum absolute atomic E-state index is 0.246. The summed E-state index contributed by atoms with van der Waals surface area (Å²) < 4.78 is 0. The zero-order valence-corrected chi connectivity index (χ0v) is 12.7. The van der Waals surface area contributed by atoms with Gasteiger partial charge in [0.2, 0.25) is 0 Å². The Morgan fingerprint density at radius 3 is 2.35 bits per heavy atom. The summed E-state index contributed by atoms with van der Waals surface area (Å²) in [6.07, 6.45) is 5.42. The van der Waals surface area contributed by atoms with Gasteiger partial charge in [0.15, 0.2) is 0 Å². The third-order valence-electron chi connectivity index (χ3n) is 3.96. The van der Waals surface area contributed by atoms with E-state index < -0.39 is 6.16 Å². The van der Waals surface area contributed by atoms with Crippen molar-refractivity contribution in [2.24, 2.45) is 5.92 Å². The van der Waals surface area contributed by atoms with Crippen LogP contribution in [-0.2, 0) is 5.41 Å². The molecule has 1 aromatic rings. The maximum Gasteiger partial charge on any atom is 0.503 e. The van der Waals surface area contributed by atoms with Gasteiger partial charge in [0.25, 0.3) is 0 Å². The molecule has 0 spiro atoms. The molecule has 110 valence electrons. The Hall–Kier alpha value is -1.77. The molecular weight excluding hydrogens is 252 g/mol. The number of rotatable bonds is 1. The second-order valence-electron chi connectivity index (χ2n) is 5.95. The lowest BCUT2D eigenvalue weighted by molar-refractivity contribution is 0.137. The zero-order valence-electron chi connectivity index (χ0n) is 12.7. The van der Waals surface area contributed by atoms with Gasteiger partial charge in [-0.15, -0.1) is 0 Å². The molecule has 0 fully saturated rings. The van der Waals surface area contributed by atoms with Crippen molar-refractivity contribution in [3.8, 4) is 0 Å². The molecule has 0 radical (unpaired) electrons. The molecule has 0 heterocycles. The molecule has 0 bridgehead atoms. The van der Waals surface area contributed by atoms with Gasteiger partial charge >= 0.3 is 6.16 Å². The lowest BCUT2D eigenvalue weighted by Gasteiger charge is -2.33. The third kappa shape index (κ3) is 4.41. The zero-order chi connectivity index (χ0) is 15.3. The van der Waals surface area contributed by atoms with E-state index in [9.17, 15) is 0 Å². The van der Waals surface area contributed by atoms with Crippen molar-refractivity contribution >= 4 is 6.16 Å². The summed E-state index contributed by atoms with van der Waals surface area (Å²) in [6.45, 7) is 9.10. The SMILES string of the molecule is Cc1ccc(C2(C)C=CCC(C)C2)cc1C.O=C(O)O. The molecule has 20 heavy (non-hydrogen) atoms. The van der Waals surface area contributed by atoms with Gasteiger partial charge in [0.05, 0.1) is 0 Å². The maximum absolute atomic E-state index is 8.56. The van der Waals surface area contributed by atoms with E-state index in [4.69, 9.17) is 15.0 Å². The molecule has 3 nitrogen and oxygen atoms in total. The summed E-state index contributed by atoms with van der Waals surface area (Å²) in [4.78, 5) is 8.56. The van der Waals surface area contributed by atoms with Crippen molar-refractivity contribution in [2.75, 3.05) is 0 Å². The summed E-state index contributed by atoms with van der Waals surface area (Å²) in [5.41, 5.74) is 4.51. The number of allylic oxidation sites excluding steroid dienone is 2. The highest BCUT2D eigenvalue weighted by Gasteiger charge is 2.28. The van der Waals surface area contributed by atoms with Crippen LogP contribution in [0.15, 0.2) is 30.4 Å². The molecule has 1 aliphatic carbocycles. The average molecular weight is 276 g/mol. The Morgan fingerprint density at radius 1 is 1.25 bits per heavy atom. The molecule has 1 aliphatic rings. The van der Waals surface area contributed by atoms with Gasteiger partial charge in [-0.25, -0.2) is 4.79 Å². The highest BCUT2D eigenvalue weighted by Crippen LogP contribution is 2.37. The van der Waals surface area contributed by atoms with E-state index in [1.54, 1.807) is 0 Å². The van der Waals surface area contributed by atoms with Crippen LogP contribution in [-0.4, -0.2) is 16.4 Å². The van der Waals surface area contributed by atoms with E-state index in [0.717, 1.165) is 5.92 Å². The molecule has 2 unspecified atom stereocenters. The van der Waals surface area contributed by atoms with Crippen LogP contribution in [0, 0.1) is 19.8 Å². The predicted molar refractivity (Wildman–Crippen MR) is 81.5 cm³/mol. The van der Waals surface area contributed by atoms with Crippen molar-refractivity contribution in [1.82, 2.24) is 0 Å². The van der Waals surface area contributed by atoms with E-state index in [-0.39, 0.29) is 5.41 Å². The predicted octanol–water partition coefficient (Wildman–Crippen LogP) is 4.77. The highest BCUT2D eigenvalue weighted by molar-refractivity contribution is 5.53. The lowest BCUT2D eigenvalue weighted by atomic mass is 9.71. The molecule has 0 aromatic heterocycles. The van der Waals surface area contributed by atoms with Gasteiger partial charge in [-0.1, -0.05) is 44.2 Å². The van der Waals surface area contributed by atoms with Crippen molar-refractivity contribution in [2.45, 2.75) is 46.0 Å². The van der Waals surface area contributed by atoms with Crippen LogP contribution in [0.4, 0.5) is 4.79 Å². The number of hydrogen-bond donors (Lipinski definition) is 2. The van der Waals surface area contributed by atoms with E-state index in [1.807, 2.05) is 0 Å². The second kappa shape index (κ2) is 6.60. The normalized spacial score (nSPS) is 24.7. The fraction of sp³-hybridized carbons (Fsp3) is 0.471. The fourth-order valence-electron chi connectivity index (χ4n) is 2.75. The van der Waals surface area contributed by atoms with Crippen LogP contribution >= 0.6 is 0 Å². The Kier molecular flexibility index (Phi) is 5.37. The smallest absolute Gasteiger partial charge is 0.450 e. The molecule has 2 atom stereocenters. The molecule has 0 saturated heterocycles. The van der Waals surface area contributed by atoms with E-state index >= 15 is 0 Å². The topological polar surface area (TPSA) is 57.5 Å². The summed E-state index contributed by atoms with van der Waals surface area (Å²) in [7, 11) is 0. The number of hydrogen-bond acceptors (Lipinski definition) is 1. The summed E-state index contributed by atoms with van der Waals surface area (Å²) in [5.74, 6) is 0.802. The number of carbonyl (C=O) groups is 1. The Morgan fingerprint density at radius 2 is 1.85 bits per heavy atom. The van der Waals surface area contributed by atoms with Crippen molar-refractivity contribution in [3.63, 3.8) is 0 Å². The second-order valence-corrected chi connectivity index (χ2v) is 5.95. The standard InChI is InChI=1S/C16H22.CH2O3/c1-12-6-5-9-16(4,11-12)15-8-7-13(2)14(3)10-15;2-1(3)4/h5,7-10,12H,6,11H2,1-4H3;(H2,2,3,4). The molecule has 0 saturated carbocycles. The molecule has 2 N–H and O–H groups in total. The summed E-state index contributed by atoms with van der Waals surface area (Å²) >= 11 is 0. The van der Waals surface area contributed by atoms with Crippen molar-refractivity contribution in [1.29, 1.82) is 0 Å². The van der Waals surface area contributed by atoms with Crippen LogP contribution in [0.2, 0.25) is 0 Å². The first-order chi connectivity index (χ1) is 9.24. The van der Waals surface area contributed by atoms with E-state index in [0.29, 0.717) is 0 Å². The van der Waals surface area contributed by atoms with Crippen LogP contribution in [0.3, 0.4) is 0 Å². The van der Waals surface area contributed by atoms with Crippen molar-refractivity contribution in [3.05, 3.63) is 47.0 Å². The quantitative estimate of drug-likeness (QED) is 0.726. The fourth-order valence-corrected chi connectivity index (χ4v) is 2.75. The lowest BCUT2D eigenvalue weighted by Crippen LogP contribution is -2.25. The molecule has 0 amide bonds. The number of benzene rings is 1. The third-order valence-corrected chi connectivity index (χ3v) is 3.96. The molecule has 1 aromatic carbocycles. The van der Waals surface area contributed by atoms with Crippen LogP contribution in [0.25, 0.3) is 0 Å². The summed E-state index contributed by atoms with van der Waals surface area (Å²) in [6, 6.07) is 6.91. The van der Waals surface area contributed by atoms with E-state index in [2.05, 4.69) is 58.0 Å². The molecule has 0 aliphatic heterocycles. The molecule has 3 heteroatoms. The Balaban J connectivity index is 0.000000444. The minimum atomic E-state index is -1.83. The van der Waals surface area contributed by atoms with Crippen LogP contribution in [0.1, 0.15) is 43.4 Å². The van der Waals surface area contributed by atoms with Crippen molar-refractivity contribution < 1.29 is 15.0 Å². The Bertz CT molecular complexity index is 501. The van der Waals surface area contributed by atoms with Gasteiger partial charge in [0, 0.05) is 5.41 Å². The van der Waals surface area contributed by atoms with Crippen LogP contribution in [0.5, 0.6) is 0 Å². The van der Waals surface area contributed by atoms with Gasteiger partial charge in [0.1, 0.15) is 0 Å². The first-order valence-corrected chi connectivity index (χ1v) is 6.92. The first kappa shape index (κ1) is 16.3. The maximum atomic E-state index is 8.56. The number of carboxylic acid groups (broad SMARTS) is 2. The number of aryl methyl sites for hydroxylation is 2. The van der Waals surface area contributed by atoms with E-state index in [1.165, 1.54) is 29.5 Å². The monoisotopic (exact) mass is 276 g/mol. The van der Waals surface area contributed by atoms with Gasteiger partial charge in [-0.05, 0) is 49.3 Å². The van der Waals surface area contributed by atoms with Gasteiger partial charge in [-0.2, -0.15) is 0 Å². The molecule has 2 rings (SSSR count). The largest absolute Gasteiger partial charge is 0.503 e. The van der Waals surface area contributed by atoms with Gasteiger partial charge in [-0.3, -0.25) is 0 Å². The first-order valence-electron chi connectivity index (χ1n) is 6.92. The highest BCUT2D eigenvalue weighted by atomic mass is 16.6. The van der Waals surface area contributed by atoms with Gasteiger partial charge < -0.3 is 10.2 Å². The molecular formula is C17H24O3.